The van der Waals surface area contributed by atoms with Gasteiger partial charge >= 0.3 is 0 Å². The molecule has 0 heterocycles. The molecule has 13 heavy (non-hydrogen) atoms. The minimum atomic E-state index is 0.797. The van der Waals surface area contributed by atoms with E-state index >= 15 is 0 Å². The van der Waals surface area contributed by atoms with Crippen LogP contribution in [0.1, 0.15) is 38.5 Å². The van der Waals surface area contributed by atoms with Gasteiger partial charge in [-0.2, -0.15) is 0 Å². The van der Waals surface area contributed by atoms with Crippen LogP contribution in [0.4, 0.5) is 0 Å². The van der Waals surface area contributed by atoms with Crippen molar-refractivity contribution < 1.29 is 0 Å². The van der Waals surface area contributed by atoms with E-state index in [2.05, 4.69) is 18.0 Å². The molecule has 0 bridgehead atoms. The second-order valence-corrected chi connectivity index (χ2v) is 3.74. The second kappa shape index (κ2) is 6.90. The van der Waals surface area contributed by atoms with E-state index in [0.717, 1.165) is 19.0 Å². The summed E-state index contributed by atoms with van der Waals surface area (Å²) in [5, 5.41) is 3.59. The van der Waals surface area contributed by atoms with E-state index in [0.29, 0.717) is 0 Å². The van der Waals surface area contributed by atoms with Crippen molar-refractivity contribution in [1.29, 1.82) is 0 Å². The van der Waals surface area contributed by atoms with Crippen molar-refractivity contribution in [3.05, 3.63) is 24.8 Å². The zero-order valence-electron chi connectivity index (χ0n) is 8.47. The molecule has 1 rings (SSSR count). The van der Waals surface area contributed by atoms with Gasteiger partial charge in [-0.1, -0.05) is 44.1 Å². The molecule has 1 aliphatic rings. The van der Waals surface area contributed by atoms with Gasteiger partial charge in [0.05, 0.1) is 0 Å². The van der Waals surface area contributed by atoms with E-state index in [4.69, 9.17) is 0 Å². The largest absolute Gasteiger partial charge is 0.314 e. The maximum absolute atomic E-state index is 3.64. The predicted octanol–water partition coefficient (Wildman–Crippen LogP) is 3.04. The molecule has 0 aromatic rings. The summed E-state index contributed by atoms with van der Waals surface area (Å²) in [5.41, 5.74) is 0. The summed E-state index contributed by atoms with van der Waals surface area (Å²) in [6, 6.07) is 0.797. The zero-order valence-corrected chi connectivity index (χ0v) is 8.47. The number of hydrogen-bond donors (Lipinski definition) is 1. The van der Waals surface area contributed by atoms with E-state index < -0.39 is 0 Å². The van der Waals surface area contributed by atoms with Crippen molar-refractivity contribution in [3.8, 4) is 0 Å². The molecule has 1 saturated carbocycles. The van der Waals surface area contributed by atoms with Gasteiger partial charge in [0, 0.05) is 6.04 Å². The lowest BCUT2D eigenvalue weighted by Gasteiger charge is -2.22. The molecule has 0 unspecified atom stereocenters. The zero-order chi connectivity index (χ0) is 9.36. The molecular weight excluding hydrogens is 158 g/mol. The first-order valence-corrected chi connectivity index (χ1v) is 5.44. The Labute approximate surface area is 81.9 Å². The van der Waals surface area contributed by atoms with Crippen LogP contribution in [0, 0.1) is 0 Å². The SMILES string of the molecule is C=C/C=C\CCNC1CCCCC1. The first-order chi connectivity index (χ1) is 6.43. The lowest BCUT2D eigenvalue weighted by Crippen LogP contribution is -2.31. The van der Waals surface area contributed by atoms with Gasteiger partial charge in [-0.3, -0.25) is 0 Å². The number of hydrogen-bond acceptors (Lipinski definition) is 1. The highest BCUT2D eigenvalue weighted by atomic mass is 14.9. The highest BCUT2D eigenvalue weighted by Crippen LogP contribution is 2.17. The third kappa shape index (κ3) is 4.89. The van der Waals surface area contributed by atoms with Gasteiger partial charge in [0.25, 0.3) is 0 Å². The minimum Gasteiger partial charge on any atom is -0.314 e. The second-order valence-electron chi connectivity index (χ2n) is 3.74. The van der Waals surface area contributed by atoms with Crippen molar-refractivity contribution in [1.82, 2.24) is 5.32 Å². The van der Waals surface area contributed by atoms with E-state index in [1.54, 1.807) is 0 Å². The van der Waals surface area contributed by atoms with Gasteiger partial charge in [-0.05, 0) is 25.8 Å². The average molecular weight is 179 g/mol. The number of rotatable bonds is 5. The Morgan fingerprint density at radius 1 is 1.23 bits per heavy atom. The van der Waals surface area contributed by atoms with Crippen LogP contribution in [0.5, 0.6) is 0 Å². The van der Waals surface area contributed by atoms with E-state index in [1.165, 1.54) is 32.1 Å². The smallest absolute Gasteiger partial charge is 0.00671 e. The van der Waals surface area contributed by atoms with Crippen LogP contribution in [0.2, 0.25) is 0 Å². The fraction of sp³-hybridized carbons (Fsp3) is 0.667. The Bertz CT molecular complexity index is 155. The Morgan fingerprint density at radius 2 is 2.00 bits per heavy atom. The lowest BCUT2D eigenvalue weighted by molar-refractivity contribution is 0.376. The topological polar surface area (TPSA) is 12.0 Å². The molecule has 0 radical (unpaired) electrons. The predicted molar refractivity (Wildman–Crippen MR) is 58.8 cm³/mol. The summed E-state index contributed by atoms with van der Waals surface area (Å²) in [6.45, 7) is 4.76. The normalized spacial score (nSPS) is 19.4. The van der Waals surface area contributed by atoms with Crippen molar-refractivity contribution in [3.63, 3.8) is 0 Å². The molecule has 1 nitrogen and oxygen atoms in total. The molecular formula is C12H21N. The van der Waals surface area contributed by atoms with E-state index in [-0.39, 0.29) is 0 Å². The fourth-order valence-electron chi connectivity index (χ4n) is 1.87. The lowest BCUT2D eigenvalue weighted by atomic mass is 9.95. The highest BCUT2D eigenvalue weighted by molar-refractivity contribution is 4.97. The van der Waals surface area contributed by atoms with Gasteiger partial charge in [0.2, 0.25) is 0 Å². The summed E-state index contributed by atoms with van der Waals surface area (Å²) in [7, 11) is 0. The van der Waals surface area contributed by atoms with Crippen molar-refractivity contribution in [2.75, 3.05) is 6.54 Å². The van der Waals surface area contributed by atoms with Gasteiger partial charge in [0.1, 0.15) is 0 Å². The Kier molecular flexibility index (Phi) is 5.59. The van der Waals surface area contributed by atoms with Gasteiger partial charge in [-0.25, -0.2) is 0 Å². The monoisotopic (exact) mass is 179 g/mol. The molecule has 74 valence electrons. The first kappa shape index (κ1) is 10.5. The van der Waals surface area contributed by atoms with Crippen molar-refractivity contribution in [2.24, 2.45) is 0 Å². The van der Waals surface area contributed by atoms with Crippen LogP contribution in [0.25, 0.3) is 0 Å². The quantitative estimate of drug-likeness (QED) is 0.505. The molecule has 0 amide bonds. The molecule has 1 N–H and O–H groups in total. The molecule has 0 saturated heterocycles. The van der Waals surface area contributed by atoms with Crippen LogP contribution in [0.15, 0.2) is 24.8 Å². The van der Waals surface area contributed by atoms with Crippen LogP contribution in [-0.4, -0.2) is 12.6 Å². The van der Waals surface area contributed by atoms with E-state index in [1.807, 2.05) is 12.2 Å². The van der Waals surface area contributed by atoms with Crippen molar-refractivity contribution in [2.45, 2.75) is 44.6 Å². The maximum atomic E-state index is 3.64. The summed E-state index contributed by atoms with van der Waals surface area (Å²) in [5.74, 6) is 0. The van der Waals surface area contributed by atoms with Crippen LogP contribution >= 0.6 is 0 Å². The molecule has 0 atom stereocenters. The Morgan fingerprint density at radius 3 is 2.69 bits per heavy atom. The molecule has 1 fully saturated rings. The highest BCUT2D eigenvalue weighted by Gasteiger charge is 2.11. The Hall–Kier alpha value is -0.560. The molecule has 1 aliphatic carbocycles. The molecule has 0 aromatic carbocycles. The first-order valence-electron chi connectivity index (χ1n) is 5.44. The Balaban J connectivity index is 1.97. The summed E-state index contributed by atoms with van der Waals surface area (Å²) >= 11 is 0. The maximum Gasteiger partial charge on any atom is 0.00671 e. The third-order valence-electron chi connectivity index (χ3n) is 2.62. The summed E-state index contributed by atoms with van der Waals surface area (Å²) in [6.07, 6.45) is 14.2. The van der Waals surface area contributed by atoms with Crippen LogP contribution in [0.3, 0.4) is 0 Å². The molecule has 1 heteroatoms. The molecule has 0 spiro atoms. The van der Waals surface area contributed by atoms with Gasteiger partial charge < -0.3 is 5.32 Å². The summed E-state index contributed by atoms with van der Waals surface area (Å²) in [4.78, 5) is 0. The van der Waals surface area contributed by atoms with Gasteiger partial charge in [0.15, 0.2) is 0 Å². The van der Waals surface area contributed by atoms with Crippen LogP contribution < -0.4 is 5.32 Å². The van der Waals surface area contributed by atoms with Crippen molar-refractivity contribution >= 4 is 0 Å². The standard InChI is InChI=1S/C12H21N/c1-2-3-4-8-11-13-12-9-6-5-7-10-12/h2-4,12-13H,1,5-11H2/b4-3-. The summed E-state index contributed by atoms with van der Waals surface area (Å²) < 4.78 is 0. The third-order valence-corrected chi connectivity index (χ3v) is 2.62. The fourth-order valence-corrected chi connectivity index (χ4v) is 1.87. The minimum absolute atomic E-state index is 0.797. The average Bonchev–Trinajstić information content (AvgIpc) is 2.19. The molecule has 0 aromatic heterocycles. The van der Waals surface area contributed by atoms with Crippen LogP contribution in [-0.2, 0) is 0 Å². The van der Waals surface area contributed by atoms with E-state index in [9.17, 15) is 0 Å². The van der Waals surface area contributed by atoms with Gasteiger partial charge in [-0.15, -0.1) is 0 Å². The number of allylic oxidation sites excluding steroid dienone is 2. The molecule has 0 aliphatic heterocycles. The number of nitrogens with one attached hydrogen (secondary N) is 1.